The second-order valence-electron chi connectivity index (χ2n) is 5.75. The minimum absolute atomic E-state index is 0.0449. The average molecular weight is 385 g/mol. The number of aromatic nitrogens is 2. The van der Waals surface area contributed by atoms with Crippen LogP contribution in [0.1, 0.15) is 39.6 Å². The second kappa shape index (κ2) is 7.42. The Morgan fingerprint density at radius 1 is 1.21 bits per heavy atom. The van der Waals surface area contributed by atoms with Crippen LogP contribution in [0, 0.1) is 49.4 Å². The average Bonchev–Trinajstić information content (AvgIpc) is 2.83. The summed E-state index contributed by atoms with van der Waals surface area (Å²) in [5, 5.41) is 22.8. The van der Waals surface area contributed by atoms with Crippen LogP contribution in [0.15, 0.2) is 28.7 Å². The number of hydrogen-bond acceptors (Lipinski definition) is 4. The summed E-state index contributed by atoms with van der Waals surface area (Å²) >= 11 is 3.40. The highest BCUT2D eigenvalue weighted by molar-refractivity contribution is 9.10. The normalized spacial score (nSPS) is 11.8. The van der Waals surface area contributed by atoms with Crippen LogP contribution >= 0.6 is 15.9 Å². The molecule has 0 spiro atoms. The minimum Gasteiger partial charge on any atom is -0.273 e. The third-order valence-electron chi connectivity index (χ3n) is 4.02. The molecule has 1 aromatic heterocycles. The van der Waals surface area contributed by atoms with Gasteiger partial charge in [-0.3, -0.25) is 4.79 Å². The maximum Gasteiger partial charge on any atom is 0.247 e. The zero-order valence-electron chi connectivity index (χ0n) is 13.7. The molecular formula is C18H17BrN4O. The van der Waals surface area contributed by atoms with Crippen LogP contribution in [-0.4, -0.2) is 15.7 Å². The van der Waals surface area contributed by atoms with Crippen molar-refractivity contribution >= 4 is 21.8 Å². The number of nitrogens with zero attached hydrogens (tertiary/aromatic N) is 4. The van der Waals surface area contributed by atoms with Crippen molar-refractivity contribution in [2.75, 3.05) is 0 Å². The fourth-order valence-electron chi connectivity index (χ4n) is 2.59. The topological polar surface area (TPSA) is 82.5 Å². The van der Waals surface area contributed by atoms with E-state index in [-0.39, 0.29) is 12.3 Å². The van der Waals surface area contributed by atoms with E-state index in [9.17, 15) is 15.3 Å². The maximum absolute atomic E-state index is 12.7. The third-order valence-corrected chi connectivity index (χ3v) is 5.17. The smallest absolute Gasteiger partial charge is 0.247 e. The number of aryl methyl sites for hydroxylation is 2. The lowest BCUT2D eigenvalue weighted by Crippen LogP contribution is -2.21. The van der Waals surface area contributed by atoms with Gasteiger partial charge in [0.25, 0.3) is 0 Å². The van der Waals surface area contributed by atoms with Gasteiger partial charge in [0.2, 0.25) is 5.91 Å². The maximum atomic E-state index is 12.7. The van der Waals surface area contributed by atoms with Crippen LogP contribution in [0.25, 0.3) is 0 Å². The number of hydrogen-bond donors (Lipinski definition) is 0. The predicted octanol–water partition coefficient (Wildman–Crippen LogP) is 4.05. The monoisotopic (exact) mass is 384 g/mol. The fourth-order valence-corrected chi connectivity index (χ4v) is 2.84. The lowest BCUT2D eigenvalue weighted by atomic mass is 9.84. The molecule has 2 aromatic rings. The van der Waals surface area contributed by atoms with Crippen LogP contribution in [0.5, 0.6) is 0 Å². The van der Waals surface area contributed by atoms with Gasteiger partial charge in [-0.25, -0.2) is 4.68 Å². The number of benzene rings is 1. The molecule has 0 saturated carbocycles. The van der Waals surface area contributed by atoms with E-state index in [1.165, 1.54) is 4.68 Å². The highest BCUT2D eigenvalue weighted by Crippen LogP contribution is 2.29. The Morgan fingerprint density at radius 2 is 1.79 bits per heavy atom. The Bertz CT molecular complexity index is 826. The number of carbonyl (C=O) groups is 1. The van der Waals surface area contributed by atoms with Gasteiger partial charge in [0.05, 0.1) is 28.0 Å². The molecule has 2 rings (SSSR count). The summed E-state index contributed by atoms with van der Waals surface area (Å²) in [6, 6.07) is 11.6. The molecular weight excluding hydrogens is 368 g/mol. The molecule has 0 aliphatic rings. The summed E-state index contributed by atoms with van der Waals surface area (Å²) in [4.78, 5) is 12.7. The van der Waals surface area contributed by atoms with Gasteiger partial charge in [-0.2, -0.15) is 15.6 Å². The van der Waals surface area contributed by atoms with Gasteiger partial charge in [-0.1, -0.05) is 29.8 Å². The van der Waals surface area contributed by atoms with Crippen molar-refractivity contribution in [3.8, 4) is 12.1 Å². The Balaban J connectivity index is 2.36. The lowest BCUT2D eigenvalue weighted by molar-refractivity contribution is 0.0871. The molecule has 1 aromatic carbocycles. The quantitative estimate of drug-likeness (QED) is 0.795. The largest absolute Gasteiger partial charge is 0.273 e. The zero-order valence-corrected chi connectivity index (χ0v) is 15.3. The molecule has 1 unspecified atom stereocenters. The van der Waals surface area contributed by atoms with E-state index in [1.807, 2.05) is 50.3 Å². The van der Waals surface area contributed by atoms with E-state index in [2.05, 4.69) is 21.0 Å². The van der Waals surface area contributed by atoms with E-state index < -0.39 is 11.8 Å². The van der Waals surface area contributed by atoms with Gasteiger partial charge >= 0.3 is 0 Å². The molecule has 6 heteroatoms. The molecule has 1 atom stereocenters. The molecule has 0 fully saturated rings. The first-order chi connectivity index (χ1) is 11.4. The van der Waals surface area contributed by atoms with Crippen molar-refractivity contribution < 1.29 is 4.79 Å². The fraction of sp³-hybridized carbons (Fsp3) is 0.333. The third kappa shape index (κ3) is 3.55. The van der Waals surface area contributed by atoms with Crippen molar-refractivity contribution in [3.05, 3.63) is 51.3 Å². The standard InChI is InChI=1S/C18H17BrN4O/c1-11-4-6-14(7-5-11)16(15(9-20)10-21)8-17(24)23-13(3)18(19)12(2)22-23/h4-7,15-16H,8H2,1-3H3. The SMILES string of the molecule is Cc1ccc(C(CC(=O)n2nc(C)c(Br)c2C)C(C#N)C#N)cc1. The lowest BCUT2D eigenvalue weighted by Gasteiger charge is -2.17. The summed E-state index contributed by atoms with van der Waals surface area (Å²) in [6.07, 6.45) is 0.0449. The van der Waals surface area contributed by atoms with Crippen molar-refractivity contribution in [3.63, 3.8) is 0 Å². The van der Waals surface area contributed by atoms with Gasteiger partial charge in [-0.05, 0) is 42.3 Å². The molecule has 122 valence electrons. The van der Waals surface area contributed by atoms with Crippen LogP contribution in [0.4, 0.5) is 0 Å². The number of rotatable bonds is 4. The highest BCUT2D eigenvalue weighted by Gasteiger charge is 2.27. The van der Waals surface area contributed by atoms with Gasteiger partial charge in [0, 0.05) is 12.3 Å². The molecule has 24 heavy (non-hydrogen) atoms. The van der Waals surface area contributed by atoms with Crippen molar-refractivity contribution in [2.45, 2.75) is 33.1 Å². The molecule has 0 radical (unpaired) electrons. The van der Waals surface area contributed by atoms with E-state index >= 15 is 0 Å². The summed E-state index contributed by atoms with van der Waals surface area (Å²) in [6.45, 7) is 5.57. The molecule has 0 bridgehead atoms. The van der Waals surface area contributed by atoms with Crippen molar-refractivity contribution in [2.24, 2.45) is 5.92 Å². The molecule has 0 saturated heterocycles. The van der Waals surface area contributed by atoms with Crippen molar-refractivity contribution in [1.29, 1.82) is 10.5 Å². The molecule has 0 amide bonds. The zero-order chi connectivity index (χ0) is 17.9. The van der Waals surface area contributed by atoms with Gasteiger partial charge in [0.15, 0.2) is 0 Å². The van der Waals surface area contributed by atoms with Crippen LogP contribution < -0.4 is 0 Å². The van der Waals surface area contributed by atoms with E-state index in [4.69, 9.17) is 0 Å². The van der Waals surface area contributed by atoms with Crippen molar-refractivity contribution in [1.82, 2.24) is 9.78 Å². The predicted molar refractivity (Wildman–Crippen MR) is 93.3 cm³/mol. The molecule has 5 nitrogen and oxygen atoms in total. The first-order valence-electron chi connectivity index (χ1n) is 7.49. The Hall–Kier alpha value is -2.44. The van der Waals surface area contributed by atoms with Crippen LogP contribution in [0.2, 0.25) is 0 Å². The van der Waals surface area contributed by atoms with Gasteiger partial charge < -0.3 is 0 Å². The van der Waals surface area contributed by atoms with E-state index in [0.29, 0.717) is 5.69 Å². The summed E-state index contributed by atoms with van der Waals surface area (Å²) in [5.74, 6) is -1.62. The number of halogens is 1. The van der Waals surface area contributed by atoms with E-state index in [1.54, 1.807) is 6.92 Å². The first-order valence-corrected chi connectivity index (χ1v) is 8.29. The first kappa shape index (κ1) is 17.9. The summed E-state index contributed by atoms with van der Waals surface area (Å²) in [7, 11) is 0. The van der Waals surface area contributed by atoms with Crippen LogP contribution in [0.3, 0.4) is 0 Å². The van der Waals surface area contributed by atoms with Crippen LogP contribution in [-0.2, 0) is 0 Å². The molecule has 0 aliphatic carbocycles. The summed E-state index contributed by atoms with van der Waals surface area (Å²) < 4.78 is 2.13. The molecule has 0 N–H and O–H groups in total. The number of carbonyl (C=O) groups excluding carboxylic acids is 1. The Labute approximate surface area is 149 Å². The van der Waals surface area contributed by atoms with E-state index in [0.717, 1.165) is 21.3 Å². The molecule has 0 aliphatic heterocycles. The number of nitriles is 2. The second-order valence-corrected chi connectivity index (χ2v) is 6.54. The summed E-state index contributed by atoms with van der Waals surface area (Å²) in [5.41, 5.74) is 3.33. The Morgan fingerprint density at radius 3 is 2.25 bits per heavy atom. The highest BCUT2D eigenvalue weighted by atomic mass is 79.9. The Kier molecular flexibility index (Phi) is 5.54. The molecule has 1 heterocycles. The van der Waals surface area contributed by atoms with Gasteiger partial charge in [-0.15, -0.1) is 0 Å². The minimum atomic E-state index is -0.892. The van der Waals surface area contributed by atoms with Gasteiger partial charge in [0.1, 0.15) is 5.92 Å².